The van der Waals surface area contributed by atoms with E-state index in [-0.39, 0.29) is 0 Å². The fourth-order valence-corrected chi connectivity index (χ4v) is 5.99. The van der Waals surface area contributed by atoms with Gasteiger partial charge in [0.2, 0.25) is 0 Å². The van der Waals surface area contributed by atoms with Crippen LogP contribution in [-0.4, -0.2) is 4.98 Å². The molecule has 0 atom stereocenters. The molecular weight excluding hydrogens is 313 g/mol. The Labute approximate surface area is 141 Å². The first-order valence-electron chi connectivity index (χ1n) is 7.99. The largest absolute Gasteiger partial charge is 0.360 e. The molecule has 0 unspecified atom stereocenters. The standard InChI is InChI=1S/C21H18NOP/c1-16-12-13-20-19(14-16)21(15-22-20)24(23,17-8-4-2-5-9-17)18-10-6-3-7-11-18/h2-15,22H,1H3. The van der Waals surface area contributed by atoms with Crippen molar-refractivity contribution in [2.45, 2.75) is 6.92 Å². The predicted octanol–water partition coefficient (Wildman–Crippen LogP) is 4.12. The first-order valence-corrected chi connectivity index (χ1v) is 9.70. The summed E-state index contributed by atoms with van der Waals surface area (Å²) in [4.78, 5) is 3.29. The molecule has 1 heterocycles. The van der Waals surface area contributed by atoms with Crippen LogP contribution in [0.3, 0.4) is 0 Å². The summed E-state index contributed by atoms with van der Waals surface area (Å²) in [5, 5.41) is 3.63. The minimum absolute atomic E-state index is 0.860. The smallest absolute Gasteiger partial charge is 0.173 e. The molecule has 0 amide bonds. The van der Waals surface area contributed by atoms with Crippen molar-refractivity contribution in [3.63, 3.8) is 0 Å². The van der Waals surface area contributed by atoms with Gasteiger partial charge in [-0.15, -0.1) is 0 Å². The van der Waals surface area contributed by atoms with E-state index < -0.39 is 7.14 Å². The molecular formula is C21H18NOP. The maximum atomic E-state index is 14.4. The topological polar surface area (TPSA) is 32.9 Å². The van der Waals surface area contributed by atoms with Crippen LogP contribution < -0.4 is 15.9 Å². The average molecular weight is 331 g/mol. The molecule has 4 rings (SSSR count). The van der Waals surface area contributed by atoms with E-state index in [1.54, 1.807) is 0 Å². The highest BCUT2D eigenvalue weighted by Gasteiger charge is 2.31. The van der Waals surface area contributed by atoms with Gasteiger partial charge in [0.25, 0.3) is 0 Å². The fraction of sp³-hybridized carbons (Fsp3) is 0.0476. The Morgan fingerprint density at radius 2 is 1.38 bits per heavy atom. The number of fused-ring (bicyclic) bond motifs is 1. The monoisotopic (exact) mass is 331 g/mol. The highest BCUT2D eigenvalue weighted by molar-refractivity contribution is 7.85. The molecule has 0 saturated heterocycles. The molecule has 0 aliphatic heterocycles. The van der Waals surface area contributed by atoms with E-state index >= 15 is 0 Å². The SMILES string of the molecule is Cc1ccc2[nH]cc(P(=O)(c3ccccc3)c3ccccc3)c2c1. The summed E-state index contributed by atoms with van der Waals surface area (Å²) in [6, 6.07) is 25.8. The number of benzene rings is 3. The molecule has 4 aromatic rings. The van der Waals surface area contributed by atoms with Gasteiger partial charge in [-0.2, -0.15) is 0 Å². The van der Waals surface area contributed by atoms with Crippen molar-refractivity contribution in [1.29, 1.82) is 0 Å². The fourth-order valence-electron chi connectivity index (χ4n) is 3.18. The number of aromatic amines is 1. The maximum absolute atomic E-state index is 14.4. The van der Waals surface area contributed by atoms with Crippen LogP contribution in [0.1, 0.15) is 5.56 Å². The quantitative estimate of drug-likeness (QED) is 0.563. The zero-order valence-corrected chi connectivity index (χ0v) is 14.3. The Morgan fingerprint density at radius 1 is 0.792 bits per heavy atom. The van der Waals surface area contributed by atoms with Gasteiger partial charge in [-0.05, 0) is 19.1 Å². The summed E-state index contributed by atoms with van der Waals surface area (Å²) >= 11 is 0. The van der Waals surface area contributed by atoms with Crippen LogP contribution in [0, 0.1) is 6.92 Å². The van der Waals surface area contributed by atoms with Crippen LogP contribution >= 0.6 is 7.14 Å². The summed E-state index contributed by atoms with van der Waals surface area (Å²) in [5.41, 5.74) is 2.18. The van der Waals surface area contributed by atoms with Crippen molar-refractivity contribution in [3.05, 3.63) is 90.6 Å². The highest BCUT2D eigenvalue weighted by Crippen LogP contribution is 2.44. The molecule has 0 fully saturated rings. The maximum Gasteiger partial charge on any atom is 0.173 e. The van der Waals surface area contributed by atoms with Gasteiger partial charge in [-0.25, -0.2) is 0 Å². The lowest BCUT2D eigenvalue weighted by Gasteiger charge is -2.19. The Balaban J connectivity index is 2.07. The molecule has 0 spiro atoms. The summed E-state index contributed by atoms with van der Waals surface area (Å²) in [7, 11) is -2.93. The van der Waals surface area contributed by atoms with Crippen molar-refractivity contribution in [2.24, 2.45) is 0 Å². The molecule has 0 aliphatic rings. The molecule has 0 radical (unpaired) electrons. The van der Waals surface area contributed by atoms with Gasteiger partial charge < -0.3 is 9.55 Å². The molecule has 0 bridgehead atoms. The average Bonchev–Trinajstić information content (AvgIpc) is 3.06. The highest BCUT2D eigenvalue weighted by atomic mass is 31.2. The zero-order chi connectivity index (χ0) is 16.6. The lowest BCUT2D eigenvalue weighted by molar-refractivity contribution is 0.592. The van der Waals surface area contributed by atoms with Gasteiger partial charge in [0, 0.05) is 33.0 Å². The third kappa shape index (κ3) is 2.31. The number of rotatable bonds is 3. The Hall–Kier alpha value is -2.57. The molecule has 24 heavy (non-hydrogen) atoms. The summed E-state index contributed by atoms with van der Waals surface area (Å²) < 4.78 is 14.4. The molecule has 1 aromatic heterocycles. The third-order valence-corrected chi connectivity index (χ3v) is 7.49. The number of hydrogen-bond donors (Lipinski definition) is 1. The van der Waals surface area contributed by atoms with Crippen molar-refractivity contribution in [3.8, 4) is 0 Å². The van der Waals surface area contributed by atoms with Gasteiger partial charge in [-0.1, -0.05) is 72.3 Å². The van der Waals surface area contributed by atoms with Crippen molar-refractivity contribution >= 4 is 34.0 Å². The molecule has 0 saturated carbocycles. The predicted molar refractivity (Wildman–Crippen MR) is 102 cm³/mol. The minimum Gasteiger partial charge on any atom is -0.360 e. The Morgan fingerprint density at radius 3 is 1.96 bits per heavy atom. The van der Waals surface area contributed by atoms with Gasteiger partial charge >= 0.3 is 0 Å². The first kappa shape index (κ1) is 15.0. The van der Waals surface area contributed by atoms with Gasteiger partial charge in [0.05, 0.1) is 0 Å². The van der Waals surface area contributed by atoms with E-state index in [1.165, 1.54) is 0 Å². The van der Waals surface area contributed by atoms with E-state index in [2.05, 4.69) is 30.1 Å². The van der Waals surface area contributed by atoms with E-state index in [9.17, 15) is 4.57 Å². The number of hydrogen-bond acceptors (Lipinski definition) is 1. The van der Waals surface area contributed by atoms with E-state index in [4.69, 9.17) is 0 Å². The van der Waals surface area contributed by atoms with E-state index in [1.807, 2.05) is 66.9 Å². The van der Waals surface area contributed by atoms with Crippen LogP contribution in [0.15, 0.2) is 85.1 Å². The molecule has 3 heteroatoms. The lowest BCUT2D eigenvalue weighted by atomic mass is 10.2. The third-order valence-electron chi connectivity index (χ3n) is 4.39. The van der Waals surface area contributed by atoms with Gasteiger partial charge in [0.1, 0.15) is 0 Å². The minimum atomic E-state index is -2.93. The normalized spacial score (nSPS) is 11.7. The second-order valence-electron chi connectivity index (χ2n) is 6.00. The number of aryl methyl sites for hydroxylation is 1. The summed E-state index contributed by atoms with van der Waals surface area (Å²) in [5.74, 6) is 0. The summed E-state index contributed by atoms with van der Waals surface area (Å²) in [6.07, 6.45) is 1.91. The van der Waals surface area contributed by atoms with Crippen LogP contribution in [0.5, 0.6) is 0 Å². The Bertz CT molecular complexity index is 992. The van der Waals surface area contributed by atoms with Gasteiger partial charge in [-0.3, -0.25) is 0 Å². The molecule has 3 aromatic carbocycles. The molecule has 1 N–H and O–H groups in total. The van der Waals surface area contributed by atoms with E-state index in [0.717, 1.165) is 32.4 Å². The second-order valence-corrected chi connectivity index (χ2v) is 8.74. The lowest BCUT2D eigenvalue weighted by Crippen LogP contribution is -2.24. The number of H-pyrrole nitrogens is 1. The first-order chi connectivity index (χ1) is 11.7. The van der Waals surface area contributed by atoms with Crippen LogP contribution in [0.4, 0.5) is 0 Å². The van der Waals surface area contributed by atoms with Crippen molar-refractivity contribution in [1.82, 2.24) is 4.98 Å². The zero-order valence-electron chi connectivity index (χ0n) is 13.4. The van der Waals surface area contributed by atoms with Crippen molar-refractivity contribution < 1.29 is 4.57 Å². The molecule has 2 nitrogen and oxygen atoms in total. The second kappa shape index (κ2) is 5.81. The van der Waals surface area contributed by atoms with Crippen LogP contribution in [-0.2, 0) is 4.57 Å². The van der Waals surface area contributed by atoms with E-state index in [0.29, 0.717) is 0 Å². The molecule has 118 valence electrons. The van der Waals surface area contributed by atoms with Crippen LogP contribution in [0.25, 0.3) is 10.9 Å². The van der Waals surface area contributed by atoms with Gasteiger partial charge in [0.15, 0.2) is 7.14 Å². The number of aromatic nitrogens is 1. The van der Waals surface area contributed by atoms with Crippen LogP contribution in [0.2, 0.25) is 0 Å². The number of nitrogens with one attached hydrogen (secondary N) is 1. The molecule has 0 aliphatic carbocycles. The summed E-state index contributed by atoms with van der Waals surface area (Å²) in [6.45, 7) is 2.06. The van der Waals surface area contributed by atoms with Crippen molar-refractivity contribution in [2.75, 3.05) is 0 Å². The Kier molecular flexibility index (Phi) is 3.63.